The Hall–Kier alpha value is -1.66. The van der Waals surface area contributed by atoms with Gasteiger partial charge in [0.1, 0.15) is 24.1 Å². The van der Waals surface area contributed by atoms with Gasteiger partial charge in [-0.05, 0) is 37.4 Å². The fraction of sp³-hybridized carbons (Fsp3) is 0.762. The molecule has 5 atom stereocenters. The van der Waals surface area contributed by atoms with E-state index in [0.29, 0.717) is 17.8 Å². The van der Waals surface area contributed by atoms with Crippen LogP contribution >= 0.6 is 0 Å². The number of hydrogen-bond donors (Lipinski definition) is 1. The summed E-state index contributed by atoms with van der Waals surface area (Å²) >= 11 is 0. The van der Waals surface area contributed by atoms with Gasteiger partial charge in [0, 0.05) is 6.61 Å². The number of nitrogens with two attached hydrogens (primary N) is 1. The standard InChI is InChI=1S/C21H34FN5O4Si/c1-21(2,3)32(4,5)29-10-13-17(31-14-8-6-7-9-28-14)15(22)20(30-13)27-12-26-16-18(23)24-11-25-19(16)27/h11-15,17,20H,6-10H2,1-5H3,(H2,23,24,25)/t13-,14?,15+,17-,20-/m1/s1. The summed E-state index contributed by atoms with van der Waals surface area (Å²) in [6.07, 6.45) is 1.25. The van der Waals surface area contributed by atoms with E-state index in [9.17, 15) is 0 Å². The van der Waals surface area contributed by atoms with Gasteiger partial charge in [-0.3, -0.25) is 4.57 Å². The van der Waals surface area contributed by atoms with Crippen molar-refractivity contribution in [3.63, 3.8) is 0 Å². The number of fused-ring (bicyclic) bond motifs is 1. The molecule has 2 aliphatic heterocycles. The van der Waals surface area contributed by atoms with E-state index < -0.39 is 39.2 Å². The summed E-state index contributed by atoms with van der Waals surface area (Å²) < 4.78 is 41.8. The molecule has 0 aromatic carbocycles. The minimum absolute atomic E-state index is 0.0257. The highest BCUT2D eigenvalue weighted by Crippen LogP contribution is 2.40. The molecule has 0 radical (unpaired) electrons. The molecule has 0 bridgehead atoms. The monoisotopic (exact) mass is 467 g/mol. The Labute approximate surface area is 188 Å². The predicted octanol–water partition coefficient (Wildman–Crippen LogP) is 3.58. The Morgan fingerprint density at radius 3 is 2.72 bits per heavy atom. The van der Waals surface area contributed by atoms with Crippen molar-refractivity contribution in [2.24, 2.45) is 0 Å². The van der Waals surface area contributed by atoms with E-state index in [1.165, 1.54) is 12.7 Å². The van der Waals surface area contributed by atoms with E-state index in [2.05, 4.69) is 48.8 Å². The third-order valence-corrected chi connectivity index (χ3v) is 11.3. The lowest BCUT2D eigenvalue weighted by molar-refractivity contribution is -0.205. The Bertz CT molecular complexity index is 931. The predicted molar refractivity (Wildman–Crippen MR) is 120 cm³/mol. The zero-order valence-electron chi connectivity index (χ0n) is 19.5. The van der Waals surface area contributed by atoms with E-state index in [-0.39, 0.29) is 17.5 Å². The molecule has 0 amide bonds. The van der Waals surface area contributed by atoms with Crippen molar-refractivity contribution in [1.29, 1.82) is 0 Å². The molecule has 2 aromatic rings. The number of aromatic nitrogens is 4. The topological polar surface area (TPSA) is 107 Å². The van der Waals surface area contributed by atoms with E-state index in [4.69, 9.17) is 24.4 Å². The summed E-state index contributed by atoms with van der Waals surface area (Å²) in [4.78, 5) is 12.4. The first-order chi connectivity index (χ1) is 15.1. The van der Waals surface area contributed by atoms with Crippen LogP contribution in [-0.2, 0) is 18.6 Å². The minimum atomic E-state index is -2.06. The van der Waals surface area contributed by atoms with Crippen LogP contribution in [0.3, 0.4) is 0 Å². The summed E-state index contributed by atoms with van der Waals surface area (Å²) in [6.45, 7) is 11.7. The fourth-order valence-electron chi connectivity index (χ4n) is 3.77. The number of halogens is 1. The van der Waals surface area contributed by atoms with E-state index >= 15 is 4.39 Å². The van der Waals surface area contributed by atoms with E-state index in [1.807, 2.05) is 0 Å². The smallest absolute Gasteiger partial charge is 0.192 e. The Morgan fingerprint density at radius 1 is 1.25 bits per heavy atom. The van der Waals surface area contributed by atoms with Gasteiger partial charge in [-0.25, -0.2) is 19.3 Å². The van der Waals surface area contributed by atoms with Crippen molar-refractivity contribution < 1.29 is 23.0 Å². The minimum Gasteiger partial charge on any atom is -0.414 e. The van der Waals surface area contributed by atoms with Crippen LogP contribution < -0.4 is 5.73 Å². The molecule has 2 fully saturated rings. The average Bonchev–Trinajstić information content (AvgIpc) is 3.29. The van der Waals surface area contributed by atoms with Gasteiger partial charge in [0.05, 0.1) is 12.9 Å². The summed E-state index contributed by atoms with van der Waals surface area (Å²) in [5.74, 6) is 0.239. The number of nitrogens with zero attached hydrogens (tertiary/aromatic N) is 4. The number of alkyl halides is 1. The number of anilines is 1. The fourth-order valence-corrected chi connectivity index (χ4v) is 4.79. The van der Waals surface area contributed by atoms with E-state index in [0.717, 1.165) is 19.3 Å². The highest BCUT2D eigenvalue weighted by Gasteiger charge is 2.50. The number of hydrogen-bond acceptors (Lipinski definition) is 8. The highest BCUT2D eigenvalue weighted by atomic mass is 28.4. The molecular formula is C21H34FN5O4Si. The quantitative estimate of drug-likeness (QED) is 0.643. The molecule has 1 unspecified atom stereocenters. The molecule has 4 rings (SSSR count). The highest BCUT2D eigenvalue weighted by molar-refractivity contribution is 6.74. The van der Waals surface area contributed by atoms with Crippen molar-refractivity contribution >= 4 is 25.3 Å². The summed E-state index contributed by atoms with van der Waals surface area (Å²) in [7, 11) is -2.06. The first kappa shape index (κ1) is 23.5. The van der Waals surface area contributed by atoms with Crippen LogP contribution in [0.25, 0.3) is 11.2 Å². The molecule has 2 aliphatic rings. The molecule has 9 nitrogen and oxygen atoms in total. The van der Waals surface area contributed by atoms with Crippen LogP contribution in [0.15, 0.2) is 12.7 Å². The van der Waals surface area contributed by atoms with Crippen LogP contribution in [0.4, 0.5) is 10.2 Å². The zero-order chi connectivity index (χ0) is 23.1. The van der Waals surface area contributed by atoms with Crippen molar-refractivity contribution in [3.05, 3.63) is 12.7 Å². The SMILES string of the molecule is CC(C)(C)[Si](C)(C)OC[C@H]1O[C@@H](n2cnc3c(N)ncnc32)[C@@H](F)[C@@H]1OC1CCCCO1. The van der Waals surface area contributed by atoms with Gasteiger partial charge >= 0.3 is 0 Å². The Morgan fingerprint density at radius 2 is 2.03 bits per heavy atom. The van der Waals surface area contributed by atoms with Crippen LogP contribution in [0, 0.1) is 0 Å². The molecule has 0 saturated carbocycles. The summed E-state index contributed by atoms with van der Waals surface area (Å²) in [5, 5.41) is 0.0257. The number of rotatable bonds is 6. The molecule has 2 N–H and O–H groups in total. The molecular weight excluding hydrogens is 433 g/mol. The molecule has 2 saturated heterocycles. The van der Waals surface area contributed by atoms with E-state index in [1.54, 1.807) is 4.57 Å². The summed E-state index contributed by atoms with van der Waals surface area (Å²) in [5.41, 5.74) is 6.73. The van der Waals surface area contributed by atoms with Crippen molar-refractivity contribution in [3.8, 4) is 0 Å². The Kier molecular flexibility index (Phi) is 6.56. The number of nitrogen functional groups attached to an aromatic ring is 1. The molecule has 178 valence electrons. The average molecular weight is 468 g/mol. The molecule has 0 spiro atoms. The van der Waals surface area contributed by atoms with Gasteiger partial charge in [0.2, 0.25) is 0 Å². The molecule has 0 aliphatic carbocycles. The summed E-state index contributed by atoms with van der Waals surface area (Å²) in [6, 6.07) is 0. The van der Waals surface area contributed by atoms with Crippen molar-refractivity contribution in [2.45, 2.75) is 89.1 Å². The van der Waals surface area contributed by atoms with Crippen LogP contribution in [0.5, 0.6) is 0 Å². The van der Waals surface area contributed by atoms with Gasteiger partial charge < -0.3 is 24.4 Å². The van der Waals surface area contributed by atoms with Gasteiger partial charge in [-0.15, -0.1) is 0 Å². The lowest BCUT2D eigenvalue weighted by Gasteiger charge is -2.37. The number of imidazole rings is 1. The van der Waals surface area contributed by atoms with Gasteiger partial charge in [-0.2, -0.15) is 0 Å². The van der Waals surface area contributed by atoms with Crippen LogP contribution in [0.2, 0.25) is 18.1 Å². The maximum absolute atomic E-state index is 15.8. The first-order valence-electron chi connectivity index (χ1n) is 11.2. The van der Waals surface area contributed by atoms with Crippen LogP contribution in [-0.4, -0.2) is 65.7 Å². The second kappa shape index (κ2) is 8.94. The number of ether oxygens (including phenoxy) is 3. The second-order valence-electron chi connectivity index (χ2n) is 10.1. The maximum atomic E-state index is 15.8. The third kappa shape index (κ3) is 4.53. The lowest BCUT2D eigenvalue weighted by atomic mass is 10.1. The second-order valence-corrected chi connectivity index (χ2v) is 14.9. The largest absolute Gasteiger partial charge is 0.414 e. The third-order valence-electron chi connectivity index (χ3n) is 6.79. The molecule has 11 heteroatoms. The van der Waals surface area contributed by atoms with Crippen LogP contribution in [0.1, 0.15) is 46.3 Å². The molecule has 32 heavy (non-hydrogen) atoms. The van der Waals surface area contributed by atoms with Crippen molar-refractivity contribution in [1.82, 2.24) is 19.5 Å². The lowest BCUT2D eigenvalue weighted by Crippen LogP contribution is -2.45. The molecule has 4 heterocycles. The first-order valence-corrected chi connectivity index (χ1v) is 14.1. The Balaban J connectivity index is 1.58. The normalized spacial score (nSPS) is 29.6. The van der Waals surface area contributed by atoms with Gasteiger partial charge in [0.25, 0.3) is 0 Å². The van der Waals surface area contributed by atoms with Gasteiger partial charge in [-0.1, -0.05) is 20.8 Å². The van der Waals surface area contributed by atoms with Crippen molar-refractivity contribution in [2.75, 3.05) is 18.9 Å². The molecule has 2 aromatic heterocycles. The zero-order valence-corrected chi connectivity index (χ0v) is 20.5. The van der Waals surface area contributed by atoms with Gasteiger partial charge in [0.15, 0.2) is 38.5 Å². The maximum Gasteiger partial charge on any atom is 0.192 e.